The third-order valence-electron chi connectivity index (χ3n) is 7.59. The van der Waals surface area contributed by atoms with Crippen LogP contribution in [0, 0.1) is 18.6 Å². The van der Waals surface area contributed by atoms with Gasteiger partial charge in [0.25, 0.3) is 0 Å². The first-order chi connectivity index (χ1) is 18.0. The summed E-state index contributed by atoms with van der Waals surface area (Å²) in [6, 6.07) is 1.88. The zero-order valence-electron chi connectivity index (χ0n) is 21.0. The molecule has 202 valence electrons. The molecule has 1 saturated carbocycles. The van der Waals surface area contributed by atoms with E-state index in [-0.39, 0.29) is 40.0 Å². The van der Waals surface area contributed by atoms with Gasteiger partial charge in [-0.2, -0.15) is 8.78 Å². The van der Waals surface area contributed by atoms with E-state index in [1.165, 1.54) is 0 Å². The number of hydrogen-bond donors (Lipinski definition) is 3. The average Bonchev–Trinajstić information content (AvgIpc) is 3.60. The number of nitrogens with one attached hydrogen (secondary N) is 1. The quantitative estimate of drug-likeness (QED) is 0.342. The summed E-state index contributed by atoms with van der Waals surface area (Å²) in [5.74, 6) is -2.55. The Morgan fingerprint density at radius 3 is 2.63 bits per heavy atom. The summed E-state index contributed by atoms with van der Waals surface area (Å²) >= 11 is 0. The zero-order valence-corrected chi connectivity index (χ0v) is 21.0. The number of rotatable bonds is 4. The van der Waals surface area contributed by atoms with E-state index in [1.54, 1.807) is 6.92 Å². The number of nitrogens with zero attached hydrogens (tertiary/aromatic N) is 3. The van der Waals surface area contributed by atoms with Crippen LogP contribution in [0.25, 0.3) is 22.0 Å². The highest BCUT2D eigenvalue weighted by Gasteiger charge is 2.48. The average molecular weight is 534 g/mol. The number of hydrogen-bond acceptors (Lipinski definition) is 8. The summed E-state index contributed by atoms with van der Waals surface area (Å²) in [4.78, 5) is 11.3. The predicted octanol–water partition coefficient (Wildman–Crippen LogP) is 4.00. The number of aliphatic hydroxyl groups is 1. The number of ether oxygens (including phenoxy) is 2. The van der Waals surface area contributed by atoms with Gasteiger partial charge in [0.15, 0.2) is 17.4 Å². The van der Waals surface area contributed by atoms with Gasteiger partial charge < -0.3 is 30.5 Å². The van der Waals surface area contributed by atoms with Crippen molar-refractivity contribution in [2.45, 2.75) is 64.0 Å². The van der Waals surface area contributed by atoms with Crippen molar-refractivity contribution in [3.63, 3.8) is 0 Å². The highest BCUT2D eigenvalue weighted by molar-refractivity contribution is 6.02. The molecule has 1 aliphatic carbocycles. The molecule has 4 N–H and O–H groups in total. The Balaban J connectivity index is 1.71. The van der Waals surface area contributed by atoms with E-state index < -0.39 is 47.0 Å². The maximum Gasteiger partial charge on any atom is 0.387 e. The molecule has 4 heterocycles. The maximum absolute atomic E-state index is 16.7. The van der Waals surface area contributed by atoms with E-state index in [1.807, 2.05) is 13.8 Å². The van der Waals surface area contributed by atoms with Gasteiger partial charge in [0, 0.05) is 47.5 Å². The van der Waals surface area contributed by atoms with Crippen molar-refractivity contribution in [3.8, 4) is 22.9 Å². The fourth-order valence-corrected chi connectivity index (χ4v) is 5.69. The maximum atomic E-state index is 16.7. The number of anilines is 2. The number of alkyl halides is 2. The van der Waals surface area contributed by atoms with Gasteiger partial charge in [-0.3, -0.25) is 0 Å². The first-order valence-corrected chi connectivity index (χ1v) is 12.5. The molecular weight excluding hydrogens is 506 g/mol. The molecule has 1 aromatic carbocycles. The predicted molar refractivity (Wildman–Crippen MR) is 132 cm³/mol. The Kier molecular flexibility index (Phi) is 5.62. The number of nitrogen functional groups attached to an aromatic ring is 1. The van der Waals surface area contributed by atoms with Crippen LogP contribution in [-0.4, -0.2) is 53.0 Å². The van der Waals surface area contributed by atoms with Gasteiger partial charge in [0.2, 0.25) is 5.88 Å². The van der Waals surface area contributed by atoms with E-state index in [0.717, 1.165) is 12.1 Å². The molecule has 2 aliphatic heterocycles. The second kappa shape index (κ2) is 8.57. The van der Waals surface area contributed by atoms with Gasteiger partial charge in [-0.25, -0.2) is 18.7 Å². The molecule has 6 rings (SSSR count). The van der Waals surface area contributed by atoms with Crippen molar-refractivity contribution >= 4 is 22.3 Å². The molecule has 8 nitrogen and oxygen atoms in total. The Morgan fingerprint density at radius 2 is 1.95 bits per heavy atom. The lowest BCUT2D eigenvalue weighted by Gasteiger charge is -2.41. The number of pyridine rings is 2. The van der Waals surface area contributed by atoms with Gasteiger partial charge in [0.1, 0.15) is 17.6 Å². The van der Waals surface area contributed by atoms with Crippen LogP contribution in [0.1, 0.15) is 37.9 Å². The normalized spacial score (nSPS) is 23.7. The number of nitrogens with two attached hydrogens (primary N) is 1. The summed E-state index contributed by atoms with van der Waals surface area (Å²) in [7, 11) is 0. The van der Waals surface area contributed by atoms with Crippen LogP contribution in [0.15, 0.2) is 12.1 Å². The molecule has 0 spiro atoms. The fraction of sp³-hybridized carbons (Fsp3) is 0.462. The van der Waals surface area contributed by atoms with Crippen LogP contribution >= 0.6 is 0 Å². The summed E-state index contributed by atoms with van der Waals surface area (Å²) in [5.41, 5.74) is 4.19. The minimum Gasteiger partial charge on any atom is -0.472 e. The zero-order chi connectivity index (χ0) is 27.1. The van der Waals surface area contributed by atoms with Crippen LogP contribution in [0.4, 0.5) is 29.1 Å². The van der Waals surface area contributed by atoms with Crippen molar-refractivity contribution in [1.82, 2.24) is 15.3 Å². The van der Waals surface area contributed by atoms with Crippen LogP contribution in [0.2, 0.25) is 0 Å². The largest absolute Gasteiger partial charge is 0.472 e. The minimum absolute atomic E-state index is 0.00443. The van der Waals surface area contributed by atoms with Crippen LogP contribution < -0.4 is 25.4 Å². The highest BCUT2D eigenvalue weighted by Crippen LogP contribution is 2.53. The number of fused-ring (bicyclic) bond motifs is 2. The standard InChI is InChI=1S/C26H27F4N5O3/c1-10-9-35-16(8-32-10)12(3)37-24-18-17(19(26(36)4-5-26)11(2)33-23(18)35)20(28)21(34-24)14-6-13(31)7-15(27)22(14)38-25(29)30/h6-7,10,12,16,25,32,36H,4-5,8-9,31H2,1-3H3. The number of aryl methyl sites for hydroxylation is 1. The van der Waals surface area contributed by atoms with E-state index in [0.29, 0.717) is 37.4 Å². The monoisotopic (exact) mass is 533 g/mol. The molecular formula is C26H27F4N5O3. The molecule has 3 aliphatic rings. The number of benzene rings is 1. The van der Waals surface area contributed by atoms with E-state index >= 15 is 4.39 Å². The molecule has 2 aromatic heterocycles. The van der Waals surface area contributed by atoms with Crippen LogP contribution in [-0.2, 0) is 5.60 Å². The van der Waals surface area contributed by atoms with Gasteiger partial charge in [-0.15, -0.1) is 0 Å². The first kappa shape index (κ1) is 24.9. The SMILES string of the molecule is Cc1nc2c3c(nc(-c4cc(N)cc(F)c4OC(F)F)c(F)c3c1C1(O)CC1)OC(C)C1CNC(C)CN21. The van der Waals surface area contributed by atoms with Gasteiger partial charge in [-0.05, 0) is 39.7 Å². The third-order valence-corrected chi connectivity index (χ3v) is 7.59. The third kappa shape index (κ3) is 3.80. The van der Waals surface area contributed by atoms with Crippen LogP contribution in [0.5, 0.6) is 11.6 Å². The van der Waals surface area contributed by atoms with Gasteiger partial charge in [0.05, 0.1) is 22.6 Å². The van der Waals surface area contributed by atoms with E-state index in [4.69, 9.17) is 15.5 Å². The lowest BCUT2D eigenvalue weighted by atomic mass is 9.95. The summed E-state index contributed by atoms with van der Waals surface area (Å²) < 4.78 is 68.7. The minimum atomic E-state index is -3.38. The molecule has 0 bridgehead atoms. The number of aromatic nitrogens is 2. The summed E-state index contributed by atoms with van der Waals surface area (Å²) in [5, 5.41) is 14.9. The lowest BCUT2D eigenvalue weighted by molar-refractivity contribution is -0.0517. The second-order valence-corrected chi connectivity index (χ2v) is 10.4. The molecule has 2 fully saturated rings. The fourth-order valence-electron chi connectivity index (χ4n) is 5.69. The lowest BCUT2D eigenvalue weighted by Crippen LogP contribution is -2.60. The molecule has 3 atom stereocenters. The molecule has 38 heavy (non-hydrogen) atoms. The Hall–Kier alpha value is -3.38. The highest BCUT2D eigenvalue weighted by atomic mass is 19.3. The summed E-state index contributed by atoms with van der Waals surface area (Å²) in [6.07, 6.45) is 0.363. The van der Waals surface area contributed by atoms with Gasteiger partial charge >= 0.3 is 6.61 Å². The van der Waals surface area contributed by atoms with Crippen molar-refractivity contribution in [1.29, 1.82) is 0 Å². The molecule has 0 radical (unpaired) electrons. The second-order valence-electron chi connectivity index (χ2n) is 10.4. The Bertz CT molecular complexity index is 1470. The number of piperazine rings is 1. The molecule has 3 aromatic rings. The number of halogens is 4. The molecule has 1 saturated heterocycles. The first-order valence-electron chi connectivity index (χ1n) is 12.5. The van der Waals surface area contributed by atoms with Gasteiger partial charge in [-0.1, -0.05) is 0 Å². The smallest absolute Gasteiger partial charge is 0.387 e. The topological polar surface area (TPSA) is 106 Å². The van der Waals surface area contributed by atoms with E-state index in [9.17, 15) is 18.3 Å². The summed E-state index contributed by atoms with van der Waals surface area (Å²) in [6.45, 7) is 3.35. The van der Waals surface area contributed by atoms with E-state index in [2.05, 4.69) is 19.9 Å². The molecule has 3 unspecified atom stereocenters. The molecule has 0 amide bonds. The Morgan fingerprint density at radius 1 is 1.21 bits per heavy atom. The van der Waals surface area contributed by atoms with Crippen molar-refractivity contribution in [3.05, 3.63) is 35.0 Å². The van der Waals surface area contributed by atoms with Crippen molar-refractivity contribution < 1.29 is 32.1 Å². The van der Waals surface area contributed by atoms with Crippen molar-refractivity contribution in [2.24, 2.45) is 0 Å². The van der Waals surface area contributed by atoms with Crippen LogP contribution in [0.3, 0.4) is 0 Å². The molecule has 12 heteroatoms. The van der Waals surface area contributed by atoms with Crippen molar-refractivity contribution in [2.75, 3.05) is 23.7 Å². The Labute approximate surface area is 215 Å².